The van der Waals surface area contributed by atoms with Crippen LogP contribution in [-0.4, -0.2) is 11.3 Å². The largest absolute Gasteiger partial charge is 0.378 e. The van der Waals surface area contributed by atoms with Crippen molar-refractivity contribution in [1.82, 2.24) is 0 Å². The molecule has 5 rings (SSSR count). The molecule has 1 atom stereocenters. The van der Waals surface area contributed by atoms with E-state index in [2.05, 4.69) is 24.3 Å². The summed E-state index contributed by atoms with van der Waals surface area (Å²) >= 11 is 0. The lowest BCUT2D eigenvalue weighted by Gasteiger charge is -2.35. The topological polar surface area (TPSA) is 32.6 Å². The summed E-state index contributed by atoms with van der Waals surface area (Å²) in [5.41, 5.74) is 2.24. The molecular weight excluding hydrogens is 402 g/mol. The molecule has 0 aliphatic heterocycles. The van der Waals surface area contributed by atoms with E-state index in [4.69, 9.17) is 4.99 Å². The summed E-state index contributed by atoms with van der Waals surface area (Å²) in [4.78, 5) is 5.06. The number of aliphatic hydroxyl groups is 1. The molecule has 5 aromatic carbocycles. The lowest BCUT2D eigenvalue weighted by Crippen LogP contribution is -2.34. The number of nitrogens with zero attached hydrogens (tertiary/aromatic N) is 1. The van der Waals surface area contributed by atoms with Gasteiger partial charge in [-0.1, -0.05) is 133 Å². The van der Waals surface area contributed by atoms with Crippen LogP contribution in [-0.2, 0) is 5.60 Å². The summed E-state index contributed by atoms with van der Waals surface area (Å²) in [6, 6.07) is 43.6. The van der Waals surface area contributed by atoms with Crippen molar-refractivity contribution in [2.45, 2.75) is 11.6 Å². The van der Waals surface area contributed by atoms with Crippen LogP contribution in [0.25, 0.3) is 10.8 Å². The van der Waals surface area contributed by atoms with Crippen LogP contribution in [0.5, 0.6) is 0 Å². The van der Waals surface area contributed by atoms with Crippen molar-refractivity contribution in [1.29, 1.82) is 0 Å². The van der Waals surface area contributed by atoms with Gasteiger partial charge < -0.3 is 5.11 Å². The first-order valence-corrected chi connectivity index (χ1v) is 11.2. The van der Waals surface area contributed by atoms with Crippen molar-refractivity contribution in [3.05, 3.63) is 156 Å². The van der Waals surface area contributed by atoms with E-state index in [1.165, 1.54) is 5.39 Å². The zero-order valence-electron chi connectivity index (χ0n) is 18.3. The Morgan fingerprint density at radius 2 is 1.09 bits per heavy atom. The Morgan fingerprint density at radius 1 is 0.576 bits per heavy atom. The van der Waals surface area contributed by atoms with Gasteiger partial charge in [0.1, 0.15) is 11.6 Å². The first-order chi connectivity index (χ1) is 16.3. The van der Waals surface area contributed by atoms with Crippen molar-refractivity contribution in [3.63, 3.8) is 0 Å². The Hall–Kier alpha value is -4.01. The van der Waals surface area contributed by atoms with Crippen LogP contribution in [0.4, 0.5) is 0 Å². The maximum Gasteiger partial charge on any atom is 0.141 e. The normalized spacial score (nSPS) is 12.8. The number of hydrogen-bond acceptors (Lipinski definition) is 2. The van der Waals surface area contributed by atoms with Crippen LogP contribution < -0.4 is 0 Å². The fourth-order valence-corrected chi connectivity index (χ4v) is 4.46. The third kappa shape index (κ3) is 4.09. The minimum absolute atomic E-state index is 0.539. The maximum atomic E-state index is 12.4. The van der Waals surface area contributed by atoms with Crippen LogP contribution in [0.1, 0.15) is 28.3 Å². The van der Waals surface area contributed by atoms with E-state index in [0.717, 1.165) is 27.6 Å². The highest BCUT2D eigenvalue weighted by molar-refractivity contribution is 5.99. The molecule has 0 spiro atoms. The van der Waals surface area contributed by atoms with Crippen molar-refractivity contribution < 1.29 is 5.11 Å². The monoisotopic (exact) mass is 427 g/mol. The second kappa shape index (κ2) is 9.23. The van der Waals surface area contributed by atoms with Gasteiger partial charge in [0.05, 0.1) is 0 Å². The summed E-state index contributed by atoms with van der Waals surface area (Å²) in [5, 5.41) is 14.7. The zero-order chi connectivity index (χ0) is 22.5. The second-order valence-corrected chi connectivity index (χ2v) is 8.16. The van der Waals surface area contributed by atoms with Crippen molar-refractivity contribution in [2.75, 3.05) is 0 Å². The number of benzene rings is 5. The van der Waals surface area contributed by atoms with Gasteiger partial charge in [-0.25, -0.2) is 0 Å². The third-order valence-corrected chi connectivity index (χ3v) is 6.12. The smallest absolute Gasteiger partial charge is 0.141 e. The quantitative estimate of drug-likeness (QED) is 0.293. The summed E-state index contributed by atoms with van der Waals surface area (Å²) < 4.78 is 0. The zero-order valence-corrected chi connectivity index (χ0v) is 18.3. The van der Waals surface area contributed by atoms with Gasteiger partial charge in [0.15, 0.2) is 0 Å². The number of aliphatic imine (C=N–C) groups is 1. The Kier molecular flexibility index (Phi) is 5.84. The standard InChI is InChI=1S/C31H25NO/c33-31(27-18-6-2-7-19-27,28-20-8-3-9-21-28)30(25-14-4-1-5-15-25)32-23-26-17-12-16-24-13-10-11-22-29(24)26/h1-23,30,33H. The summed E-state index contributed by atoms with van der Waals surface area (Å²) in [6.45, 7) is 0. The Balaban J connectivity index is 1.71. The van der Waals surface area contributed by atoms with Gasteiger partial charge in [0.25, 0.3) is 0 Å². The molecule has 0 saturated heterocycles. The fourth-order valence-electron chi connectivity index (χ4n) is 4.46. The molecule has 33 heavy (non-hydrogen) atoms. The van der Waals surface area contributed by atoms with Gasteiger partial charge in [0, 0.05) is 11.8 Å². The molecule has 0 amide bonds. The van der Waals surface area contributed by atoms with E-state index in [1.54, 1.807) is 0 Å². The average Bonchev–Trinajstić information content (AvgIpc) is 2.90. The average molecular weight is 428 g/mol. The maximum absolute atomic E-state index is 12.4. The molecule has 0 heterocycles. The van der Waals surface area contributed by atoms with Crippen LogP contribution in [0, 0.1) is 0 Å². The van der Waals surface area contributed by atoms with Gasteiger partial charge in [-0.3, -0.25) is 4.99 Å². The first-order valence-electron chi connectivity index (χ1n) is 11.2. The van der Waals surface area contributed by atoms with Crippen molar-refractivity contribution >= 4 is 17.0 Å². The van der Waals surface area contributed by atoms with Crippen LogP contribution >= 0.6 is 0 Å². The van der Waals surface area contributed by atoms with Gasteiger partial charge in [-0.05, 0) is 27.5 Å². The highest BCUT2D eigenvalue weighted by Gasteiger charge is 2.41. The van der Waals surface area contributed by atoms with E-state index >= 15 is 0 Å². The highest BCUT2D eigenvalue weighted by atomic mass is 16.3. The van der Waals surface area contributed by atoms with Gasteiger partial charge >= 0.3 is 0 Å². The molecular formula is C31H25NO. The molecule has 0 bridgehead atoms. The molecule has 1 N–H and O–H groups in total. The molecule has 0 aromatic heterocycles. The van der Waals surface area contributed by atoms with E-state index in [9.17, 15) is 5.11 Å². The molecule has 0 aliphatic rings. The predicted octanol–water partition coefficient (Wildman–Crippen LogP) is 6.94. The number of rotatable bonds is 6. The Morgan fingerprint density at radius 3 is 1.73 bits per heavy atom. The van der Waals surface area contributed by atoms with E-state index in [0.29, 0.717) is 0 Å². The lowest BCUT2D eigenvalue weighted by molar-refractivity contribution is 0.0523. The predicted molar refractivity (Wildman–Crippen MR) is 137 cm³/mol. The summed E-state index contributed by atoms with van der Waals surface area (Å²) in [6.07, 6.45) is 1.90. The summed E-state index contributed by atoms with van der Waals surface area (Å²) in [5.74, 6) is 0. The summed E-state index contributed by atoms with van der Waals surface area (Å²) in [7, 11) is 0. The molecule has 0 aliphatic carbocycles. The molecule has 0 radical (unpaired) electrons. The minimum atomic E-state index is -1.34. The number of hydrogen-bond donors (Lipinski definition) is 1. The lowest BCUT2D eigenvalue weighted by atomic mass is 9.77. The molecule has 160 valence electrons. The highest BCUT2D eigenvalue weighted by Crippen LogP contribution is 2.43. The molecule has 2 nitrogen and oxygen atoms in total. The van der Waals surface area contributed by atoms with Gasteiger partial charge in [0.2, 0.25) is 0 Å². The first kappa shape index (κ1) is 20.9. The number of fused-ring (bicyclic) bond motifs is 1. The van der Waals surface area contributed by atoms with Gasteiger partial charge in [-0.2, -0.15) is 0 Å². The Bertz CT molecular complexity index is 1320. The van der Waals surface area contributed by atoms with Crippen molar-refractivity contribution in [3.8, 4) is 0 Å². The molecule has 0 fully saturated rings. The molecule has 0 saturated carbocycles. The second-order valence-electron chi connectivity index (χ2n) is 8.16. The van der Waals surface area contributed by atoms with E-state index < -0.39 is 11.6 Å². The fraction of sp³-hybridized carbons (Fsp3) is 0.0645. The minimum Gasteiger partial charge on any atom is -0.378 e. The molecule has 1 unspecified atom stereocenters. The molecule has 2 heteroatoms. The Labute approximate surface area is 194 Å². The third-order valence-electron chi connectivity index (χ3n) is 6.12. The van der Waals surface area contributed by atoms with E-state index in [1.807, 2.05) is 115 Å². The van der Waals surface area contributed by atoms with E-state index in [-0.39, 0.29) is 0 Å². The van der Waals surface area contributed by atoms with Crippen LogP contribution in [0.3, 0.4) is 0 Å². The molecule has 5 aromatic rings. The SMILES string of the molecule is OC(c1ccccc1)(c1ccccc1)C(N=Cc1cccc2ccccc12)c1ccccc1. The van der Waals surface area contributed by atoms with Gasteiger partial charge in [-0.15, -0.1) is 0 Å². The van der Waals surface area contributed by atoms with Crippen molar-refractivity contribution in [2.24, 2.45) is 4.99 Å². The van der Waals surface area contributed by atoms with Crippen LogP contribution in [0.2, 0.25) is 0 Å². The van der Waals surface area contributed by atoms with Crippen LogP contribution in [0.15, 0.2) is 138 Å².